The van der Waals surface area contributed by atoms with Crippen LogP contribution in [0.25, 0.3) is 0 Å². The quantitative estimate of drug-likeness (QED) is 0.322. The van der Waals surface area contributed by atoms with Crippen LogP contribution in [0.1, 0.15) is 46.0 Å². The average molecular weight is 337 g/mol. The van der Waals surface area contributed by atoms with Gasteiger partial charge in [-0.3, -0.25) is 9.36 Å². The molecule has 1 unspecified atom stereocenters. The molecule has 0 aromatic heterocycles. The molecule has 0 saturated carbocycles. The molecule has 0 aliphatic heterocycles. The molecule has 0 fully saturated rings. The Morgan fingerprint density at radius 2 is 1.68 bits per heavy atom. The van der Waals surface area contributed by atoms with Crippen LogP contribution in [0.3, 0.4) is 0 Å². The van der Waals surface area contributed by atoms with Gasteiger partial charge >= 0.3 is 12.1 Å². The summed E-state index contributed by atoms with van der Waals surface area (Å²) >= 11 is 0. The van der Waals surface area contributed by atoms with Gasteiger partial charge in [-0.25, -0.2) is 4.79 Å². The van der Waals surface area contributed by atoms with E-state index in [1.807, 2.05) is 13.8 Å². The van der Waals surface area contributed by atoms with Gasteiger partial charge in [-0.2, -0.15) is 0 Å². The van der Waals surface area contributed by atoms with Gasteiger partial charge in [0, 0.05) is 25.3 Å². The van der Waals surface area contributed by atoms with Crippen molar-refractivity contribution in [3.05, 3.63) is 0 Å². The standard InChI is InChI=1S/C14H28NO6P/c1-3-5-11-22(18,19)12-6-8-15-14(17)21-10-9-20-13(16)7-4-2/h3-12H2,1-2H3,(H,15,17)(H,18,19). The highest BCUT2D eigenvalue weighted by Crippen LogP contribution is 2.41. The molecular weight excluding hydrogens is 309 g/mol. The maximum atomic E-state index is 11.7. The van der Waals surface area contributed by atoms with Crippen molar-refractivity contribution in [2.24, 2.45) is 0 Å². The molecule has 0 saturated heterocycles. The van der Waals surface area contributed by atoms with Crippen LogP contribution in [0.5, 0.6) is 0 Å². The third kappa shape index (κ3) is 12.7. The first-order valence-corrected chi connectivity index (χ1v) is 9.81. The molecule has 0 aromatic carbocycles. The van der Waals surface area contributed by atoms with Crippen LogP contribution in [0, 0.1) is 0 Å². The van der Waals surface area contributed by atoms with E-state index in [1.165, 1.54) is 0 Å². The second-order valence-electron chi connectivity index (χ2n) is 5.03. The summed E-state index contributed by atoms with van der Waals surface area (Å²) in [5.41, 5.74) is 0. The second-order valence-corrected chi connectivity index (χ2v) is 7.62. The summed E-state index contributed by atoms with van der Waals surface area (Å²) in [4.78, 5) is 32.0. The SMILES string of the molecule is CCCCP(=O)(O)CCCNC(=O)OCCOC(=O)CCC. The highest BCUT2D eigenvalue weighted by Gasteiger charge is 2.16. The number of amides is 1. The number of hydrogen-bond donors (Lipinski definition) is 2. The van der Waals surface area contributed by atoms with E-state index in [2.05, 4.69) is 5.32 Å². The lowest BCUT2D eigenvalue weighted by Crippen LogP contribution is -2.27. The van der Waals surface area contributed by atoms with E-state index in [4.69, 9.17) is 9.47 Å². The molecule has 8 heteroatoms. The van der Waals surface area contributed by atoms with Gasteiger partial charge in [0.05, 0.1) is 0 Å². The fourth-order valence-electron chi connectivity index (χ4n) is 1.65. The van der Waals surface area contributed by atoms with Crippen LogP contribution in [-0.4, -0.2) is 49.0 Å². The van der Waals surface area contributed by atoms with Crippen molar-refractivity contribution in [3.8, 4) is 0 Å². The first kappa shape index (κ1) is 20.9. The van der Waals surface area contributed by atoms with Crippen molar-refractivity contribution in [1.29, 1.82) is 0 Å². The maximum absolute atomic E-state index is 11.7. The van der Waals surface area contributed by atoms with Crippen LogP contribution in [-0.2, 0) is 18.8 Å². The molecule has 0 aromatic rings. The van der Waals surface area contributed by atoms with Crippen LogP contribution in [0.2, 0.25) is 0 Å². The number of carbonyl (C=O) groups excluding carboxylic acids is 2. The summed E-state index contributed by atoms with van der Waals surface area (Å²) in [5.74, 6) is -0.308. The number of unbranched alkanes of at least 4 members (excludes halogenated alkanes) is 1. The number of ether oxygens (including phenoxy) is 2. The van der Waals surface area contributed by atoms with E-state index in [0.717, 1.165) is 12.8 Å². The van der Waals surface area contributed by atoms with E-state index in [0.29, 0.717) is 25.4 Å². The molecule has 130 valence electrons. The lowest BCUT2D eigenvalue weighted by Gasteiger charge is -2.11. The third-order valence-electron chi connectivity index (χ3n) is 2.85. The van der Waals surface area contributed by atoms with E-state index < -0.39 is 13.5 Å². The summed E-state index contributed by atoms with van der Waals surface area (Å²) in [7, 11) is -3.06. The summed E-state index contributed by atoms with van der Waals surface area (Å²) in [6.07, 6.45) is 3.03. The fraction of sp³-hybridized carbons (Fsp3) is 0.857. The predicted octanol–water partition coefficient (Wildman–Crippen LogP) is 2.52. The van der Waals surface area contributed by atoms with Crippen molar-refractivity contribution in [2.75, 3.05) is 32.1 Å². The first-order chi connectivity index (χ1) is 10.4. The predicted molar refractivity (Wildman–Crippen MR) is 84.3 cm³/mol. The topological polar surface area (TPSA) is 102 Å². The van der Waals surface area contributed by atoms with Gasteiger partial charge in [0.1, 0.15) is 13.2 Å². The van der Waals surface area contributed by atoms with Crippen LogP contribution in [0.4, 0.5) is 4.79 Å². The Bertz CT molecular complexity index is 374. The van der Waals surface area contributed by atoms with Crippen LogP contribution >= 0.6 is 7.37 Å². The molecule has 2 N–H and O–H groups in total. The highest BCUT2D eigenvalue weighted by molar-refractivity contribution is 7.57. The molecule has 0 radical (unpaired) electrons. The number of rotatable bonds is 12. The normalized spacial score (nSPS) is 13.2. The third-order valence-corrected chi connectivity index (χ3v) is 4.88. The van der Waals surface area contributed by atoms with Gasteiger partial charge in [-0.1, -0.05) is 20.3 Å². The van der Waals surface area contributed by atoms with Gasteiger partial charge in [0.2, 0.25) is 7.37 Å². The van der Waals surface area contributed by atoms with Crippen molar-refractivity contribution >= 4 is 19.4 Å². The molecular formula is C14H28NO6P. The van der Waals surface area contributed by atoms with Crippen LogP contribution < -0.4 is 5.32 Å². The number of nitrogens with one attached hydrogen (secondary N) is 1. The molecule has 0 rings (SSSR count). The van der Waals surface area contributed by atoms with E-state index in [-0.39, 0.29) is 31.9 Å². The first-order valence-electron chi connectivity index (χ1n) is 7.78. The van der Waals surface area contributed by atoms with Crippen molar-refractivity contribution in [3.63, 3.8) is 0 Å². The average Bonchev–Trinajstić information content (AvgIpc) is 2.46. The summed E-state index contributed by atoms with van der Waals surface area (Å²) in [5, 5.41) is 2.49. The summed E-state index contributed by atoms with van der Waals surface area (Å²) < 4.78 is 21.3. The van der Waals surface area contributed by atoms with Crippen molar-refractivity contribution in [2.45, 2.75) is 46.0 Å². The minimum absolute atomic E-state index is 0.00369. The van der Waals surface area contributed by atoms with Gasteiger partial charge < -0.3 is 19.7 Å². The lowest BCUT2D eigenvalue weighted by atomic mass is 10.3. The van der Waals surface area contributed by atoms with Gasteiger partial charge in [0.15, 0.2) is 0 Å². The largest absolute Gasteiger partial charge is 0.462 e. The summed E-state index contributed by atoms with van der Waals surface area (Å²) in [6, 6.07) is 0. The molecule has 0 bridgehead atoms. The monoisotopic (exact) mass is 337 g/mol. The molecule has 0 spiro atoms. The molecule has 22 heavy (non-hydrogen) atoms. The van der Waals surface area contributed by atoms with E-state index in [9.17, 15) is 19.0 Å². The Hall–Kier alpha value is -1.07. The molecule has 0 aliphatic carbocycles. The Kier molecular flexibility index (Phi) is 11.9. The lowest BCUT2D eigenvalue weighted by molar-refractivity contribution is -0.144. The Balaban J connectivity index is 3.58. The maximum Gasteiger partial charge on any atom is 0.407 e. The van der Waals surface area contributed by atoms with Gasteiger partial charge in [-0.15, -0.1) is 0 Å². The number of alkyl carbamates (subject to hydrolysis) is 1. The number of esters is 1. The van der Waals surface area contributed by atoms with E-state index >= 15 is 0 Å². The second kappa shape index (κ2) is 12.5. The fourth-order valence-corrected chi connectivity index (χ4v) is 3.34. The van der Waals surface area contributed by atoms with Crippen LogP contribution in [0.15, 0.2) is 0 Å². The molecule has 1 amide bonds. The molecule has 0 aliphatic rings. The minimum atomic E-state index is -3.06. The zero-order valence-electron chi connectivity index (χ0n) is 13.5. The minimum Gasteiger partial charge on any atom is -0.462 e. The molecule has 1 atom stereocenters. The zero-order valence-corrected chi connectivity index (χ0v) is 14.4. The number of hydrogen-bond acceptors (Lipinski definition) is 5. The molecule has 0 heterocycles. The van der Waals surface area contributed by atoms with E-state index in [1.54, 1.807) is 0 Å². The highest BCUT2D eigenvalue weighted by atomic mass is 31.2. The van der Waals surface area contributed by atoms with Gasteiger partial charge in [-0.05, 0) is 19.3 Å². The molecule has 7 nitrogen and oxygen atoms in total. The Morgan fingerprint density at radius 1 is 1.05 bits per heavy atom. The Labute approximate surface area is 132 Å². The smallest absolute Gasteiger partial charge is 0.407 e. The van der Waals surface area contributed by atoms with Crippen molar-refractivity contribution in [1.82, 2.24) is 5.32 Å². The van der Waals surface area contributed by atoms with Crippen molar-refractivity contribution < 1.29 is 28.5 Å². The van der Waals surface area contributed by atoms with Gasteiger partial charge in [0.25, 0.3) is 0 Å². The summed E-state index contributed by atoms with van der Waals surface area (Å²) in [6.45, 7) is 4.16. The Morgan fingerprint density at radius 3 is 2.32 bits per heavy atom. The zero-order chi connectivity index (χ0) is 16.8. The number of carbonyl (C=O) groups is 2.